The molecule has 0 fully saturated rings. The third-order valence-electron chi connectivity index (χ3n) is 4.29. The number of imide groups is 1. The number of hydrogen-bond acceptors (Lipinski definition) is 5. The predicted molar refractivity (Wildman–Crippen MR) is 94.5 cm³/mol. The van der Waals surface area contributed by atoms with E-state index in [2.05, 4.69) is 0 Å². The normalized spacial score (nSPS) is 13.1. The van der Waals surface area contributed by atoms with Crippen LogP contribution in [0.5, 0.6) is 5.75 Å². The van der Waals surface area contributed by atoms with Crippen molar-refractivity contribution >= 4 is 17.5 Å². The van der Waals surface area contributed by atoms with Crippen LogP contribution in [-0.2, 0) is 0 Å². The Morgan fingerprint density at radius 1 is 1.04 bits per heavy atom. The molecule has 0 spiro atoms. The molecule has 0 aromatic heterocycles. The molecule has 1 aliphatic rings. The van der Waals surface area contributed by atoms with Gasteiger partial charge in [-0.2, -0.15) is 0 Å². The summed E-state index contributed by atoms with van der Waals surface area (Å²) in [6.45, 7) is 4.49. The van der Waals surface area contributed by atoms with Crippen molar-refractivity contribution in [1.29, 1.82) is 0 Å². The number of rotatable bonds is 6. The minimum atomic E-state index is -0.585. The number of aryl methyl sites for hydroxylation is 2. The summed E-state index contributed by atoms with van der Waals surface area (Å²) in [6.07, 6.45) is 0.473. The number of non-ortho nitro benzene ring substituents is 1. The van der Waals surface area contributed by atoms with Gasteiger partial charge in [-0.05, 0) is 43.5 Å². The van der Waals surface area contributed by atoms with E-state index in [1.165, 1.54) is 12.1 Å². The molecule has 7 heteroatoms. The second kappa shape index (κ2) is 6.95. The summed E-state index contributed by atoms with van der Waals surface area (Å²) >= 11 is 0. The van der Waals surface area contributed by atoms with Crippen molar-refractivity contribution in [3.63, 3.8) is 0 Å². The van der Waals surface area contributed by atoms with E-state index < -0.39 is 16.7 Å². The van der Waals surface area contributed by atoms with Crippen LogP contribution in [-0.4, -0.2) is 34.8 Å². The van der Waals surface area contributed by atoms with Crippen molar-refractivity contribution in [2.75, 3.05) is 13.2 Å². The van der Waals surface area contributed by atoms with E-state index >= 15 is 0 Å². The number of carbonyl (C=O) groups excluding carboxylic acids is 2. The van der Waals surface area contributed by atoms with Gasteiger partial charge in [0.05, 0.1) is 22.7 Å². The number of amides is 2. The summed E-state index contributed by atoms with van der Waals surface area (Å²) in [5.74, 6) is -0.143. The maximum absolute atomic E-state index is 12.4. The summed E-state index contributed by atoms with van der Waals surface area (Å²) in [5, 5.41) is 10.8. The van der Waals surface area contributed by atoms with E-state index in [0.717, 1.165) is 27.8 Å². The largest absolute Gasteiger partial charge is 0.493 e. The molecule has 7 nitrogen and oxygen atoms in total. The standard InChI is InChI=1S/C19H18N2O5/c1-12-4-5-13(2)17(10-12)26-9-3-8-20-18(22)15-7-6-14(21(24)25)11-16(15)19(20)23/h4-7,10-11H,3,8-9H2,1-2H3. The molecule has 0 radical (unpaired) electrons. The van der Waals surface area contributed by atoms with Crippen molar-refractivity contribution in [3.8, 4) is 5.75 Å². The lowest BCUT2D eigenvalue weighted by atomic mass is 10.1. The minimum absolute atomic E-state index is 0.0830. The van der Waals surface area contributed by atoms with Crippen LogP contribution >= 0.6 is 0 Å². The van der Waals surface area contributed by atoms with Crippen LogP contribution < -0.4 is 4.74 Å². The number of nitrogens with zero attached hydrogens (tertiary/aromatic N) is 2. The molecular formula is C19H18N2O5. The zero-order valence-electron chi connectivity index (χ0n) is 14.5. The van der Waals surface area contributed by atoms with E-state index in [4.69, 9.17) is 4.74 Å². The smallest absolute Gasteiger partial charge is 0.270 e. The highest BCUT2D eigenvalue weighted by molar-refractivity contribution is 6.21. The van der Waals surface area contributed by atoms with Gasteiger partial charge in [0.15, 0.2) is 0 Å². The van der Waals surface area contributed by atoms with Gasteiger partial charge in [-0.3, -0.25) is 24.6 Å². The van der Waals surface area contributed by atoms with Gasteiger partial charge in [0, 0.05) is 18.7 Å². The van der Waals surface area contributed by atoms with Crippen LogP contribution in [0.1, 0.15) is 38.3 Å². The first kappa shape index (κ1) is 17.6. The summed E-state index contributed by atoms with van der Waals surface area (Å²) in [6, 6.07) is 9.64. The van der Waals surface area contributed by atoms with Crippen LogP contribution in [0.25, 0.3) is 0 Å². The molecule has 3 rings (SSSR count). The number of carbonyl (C=O) groups is 2. The topological polar surface area (TPSA) is 89.8 Å². The summed E-state index contributed by atoms with van der Waals surface area (Å²) in [4.78, 5) is 36.1. The second-order valence-electron chi connectivity index (χ2n) is 6.22. The number of benzene rings is 2. The minimum Gasteiger partial charge on any atom is -0.493 e. The van der Waals surface area contributed by atoms with Crippen molar-refractivity contribution in [3.05, 3.63) is 68.8 Å². The molecule has 0 saturated heterocycles. The SMILES string of the molecule is Cc1ccc(C)c(OCCCN2C(=O)c3ccc([N+](=O)[O-])cc3C2=O)c1. The Morgan fingerprint density at radius 2 is 1.77 bits per heavy atom. The van der Waals surface area contributed by atoms with Crippen LogP contribution in [0, 0.1) is 24.0 Å². The maximum Gasteiger partial charge on any atom is 0.270 e. The Labute approximate surface area is 150 Å². The predicted octanol–water partition coefficient (Wildman–Crippen LogP) is 3.28. The van der Waals surface area contributed by atoms with Crippen molar-refractivity contribution in [2.24, 2.45) is 0 Å². The van der Waals surface area contributed by atoms with E-state index in [1.807, 2.05) is 32.0 Å². The molecule has 0 N–H and O–H groups in total. The number of fused-ring (bicyclic) bond motifs is 1. The Balaban J connectivity index is 1.62. The van der Waals surface area contributed by atoms with Crippen molar-refractivity contribution in [1.82, 2.24) is 4.90 Å². The average molecular weight is 354 g/mol. The molecule has 2 aromatic rings. The zero-order chi connectivity index (χ0) is 18.8. The lowest BCUT2D eigenvalue weighted by Gasteiger charge is -2.14. The fourth-order valence-electron chi connectivity index (χ4n) is 2.86. The van der Waals surface area contributed by atoms with Gasteiger partial charge in [-0.25, -0.2) is 0 Å². The van der Waals surface area contributed by atoms with Gasteiger partial charge < -0.3 is 4.74 Å². The van der Waals surface area contributed by atoms with Crippen LogP contribution in [0.15, 0.2) is 36.4 Å². The Kier molecular flexibility index (Phi) is 4.71. The molecule has 0 bridgehead atoms. The first-order valence-corrected chi connectivity index (χ1v) is 8.23. The highest BCUT2D eigenvalue weighted by Gasteiger charge is 2.36. The molecule has 2 aromatic carbocycles. The molecule has 2 amide bonds. The number of hydrogen-bond donors (Lipinski definition) is 0. The number of nitro groups is 1. The first-order chi connectivity index (χ1) is 12.4. The third-order valence-corrected chi connectivity index (χ3v) is 4.29. The summed E-state index contributed by atoms with van der Waals surface area (Å²) < 4.78 is 5.74. The molecule has 134 valence electrons. The Morgan fingerprint density at radius 3 is 2.50 bits per heavy atom. The zero-order valence-corrected chi connectivity index (χ0v) is 14.5. The van der Waals surface area contributed by atoms with Crippen molar-refractivity contribution in [2.45, 2.75) is 20.3 Å². The van der Waals surface area contributed by atoms with E-state index in [1.54, 1.807) is 0 Å². The van der Waals surface area contributed by atoms with Gasteiger partial charge in [-0.15, -0.1) is 0 Å². The Bertz CT molecular complexity index is 907. The second-order valence-corrected chi connectivity index (χ2v) is 6.22. The third kappa shape index (κ3) is 3.28. The lowest BCUT2D eigenvalue weighted by Crippen LogP contribution is -2.31. The van der Waals surface area contributed by atoms with Gasteiger partial charge >= 0.3 is 0 Å². The number of nitro benzene ring substituents is 1. The van der Waals surface area contributed by atoms with E-state index in [9.17, 15) is 19.7 Å². The monoisotopic (exact) mass is 354 g/mol. The van der Waals surface area contributed by atoms with Crippen molar-refractivity contribution < 1.29 is 19.2 Å². The van der Waals surface area contributed by atoms with E-state index in [0.29, 0.717) is 13.0 Å². The highest BCUT2D eigenvalue weighted by atomic mass is 16.6. The first-order valence-electron chi connectivity index (χ1n) is 8.23. The summed E-state index contributed by atoms with van der Waals surface area (Å²) in [7, 11) is 0. The van der Waals surface area contributed by atoms with Crippen LogP contribution in [0.3, 0.4) is 0 Å². The van der Waals surface area contributed by atoms with E-state index in [-0.39, 0.29) is 23.4 Å². The van der Waals surface area contributed by atoms with Gasteiger partial charge in [0.1, 0.15) is 5.75 Å². The summed E-state index contributed by atoms with van der Waals surface area (Å²) in [5.41, 5.74) is 2.19. The van der Waals surface area contributed by atoms with Gasteiger partial charge in [0.25, 0.3) is 17.5 Å². The highest BCUT2D eigenvalue weighted by Crippen LogP contribution is 2.27. The lowest BCUT2D eigenvalue weighted by molar-refractivity contribution is -0.384. The maximum atomic E-state index is 12.4. The van der Waals surface area contributed by atoms with Crippen LogP contribution in [0.2, 0.25) is 0 Å². The molecule has 1 aliphatic heterocycles. The van der Waals surface area contributed by atoms with Crippen LogP contribution in [0.4, 0.5) is 5.69 Å². The number of ether oxygens (including phenoxy) is 1. The fourth-order valence-corrected chi connectivity index (χ4v) is 2.86. The van der Waals surface area contributed by atoms with Gasteiger partial charge in [0.2, 0.25) is 0 Å². The molecule has 0 atom stereocenters. The molecule has 0 aliphatic carbocycles. The molecule has 1 heterocycles. The molecular weight excluding hydrogens is 336 g/mol. The average Bonchev–Trinajstić information content (AvgIpc) is 2.85. The molecule has 0 unspecified atom stereocenters. The Hall–Kier alpha value is -3.22. The fraction of sp³-hybridized carbons (Fsp3) is 0.263. The van der Waals surface area contributed by atoms with Gasteiger partial charge in [-0.1, -0.05) is 12.1 Å². The molecule has 26 heavy (non-hydrogen) atoms. The quantitative estimate of drug-likeness (QED) is 0.344. The molecule has 0 saturated carbocycles.